The van der Waals surface area contributed by atoms with Gasteiger partial charge in [-0.3, -0.25) is 9.89 Å². The summed E-state index contributed by atoms with van der Waals surface area (Å²) < 4.78 is 5.88. The Morgan fingerprint density at radius 2 is 2.44 bits per heavy atom. The van der Waals surface area contributed by atoms with Crippen LogP contribution in [0.4, 0.5) is 0 Å². The Morgan fingerprint density at radius 1 is 1.67 bits per heavy atom. The van der Waals surface area contributed by atoms with Crippen molar-refractivity contribution in [3.8, 4) is 0 Å². The van der Waals surface area contributed by atoms with E-state index in [2.05, 4.69) is 10.2 Å². The van der Waals surface area contributed by atoms with Crippen LogP contribution in [0, 0.1) is 6.92 Å². The molecular weight excluding hydrogens is 230 g/mol. The van der Waals surface area contributed by atoms with Crippen molar-refractivity contribution >= 4 is 5.91 Å². The smallest absolute Gasteiger partial charge is 0.222 e. The van der Waals surface area contributed by atoms with Gasteiger partial charge in [0, 0.05) is 13.0 Å². The second-order valence-electron chi connectivity index (χ2n) is 5.07. The summed E-state index contributed by atoms with van der Waals surface area (Å²) >= 11 is 0. The van der Waals surface area contributed by atoms with E-state index in [1.165, 1.54) is 0 Å². The van der Waals surface area contributed by atoms with E-state index in [1.54, 1.807) is 6.20 Å². The Morgan fingerprint density at radius 3 is 3.06 bits per heavy atom. The number of carbonyl (C=O) groups is 1. The number of H-pyrrole nitrogens is 1. The van der Waals surface area contributed by atoms with Crippen molar-refractivity contribution in [2.24, 2.45) is 0 Å². The molecule has 1 aromatic heterocycles. The van der Waals surface area contributed by atoms with E-state index in [4.69, 9.17) is 4.74 Å². The van der Waals surface area contributed by atoms with E-state index in [1.807, 2.05) is 25.7 Å². The van der Waals surface area contributed by atoms with Gasteiger partial charge in [-0.05, 0) is 25.8 Å². The van der Waals surface area contributed by atoms with Crippen LogP contribution in [0.2, 0.25) is 0 Å². The molecule has 0 radical (unpaired) electrons. The molecule has 5 nitrogen and oxygen atoms in total. The van der Waals surface area contributed by atoms with Crippen LogP contribution >= 0.6 is 0 Å². The quantitative estimate of drug-likeness (QED) is 0.887. The molecule has 1 atom stereocenters. The topological polar surface area (TPSA) is 58.2 Å². The van der Waals surface area contributed by atoms with E-state index >= 15 is 0 Å². The predicted octanol–water partition coefficient (Wildman–Crippen LogP) is 1.59. The molecule has 5 heteroatoms. The molecule has 0 bridgehead atoms. The van der Waals surface area contributed by atoms with Gasteiger partial charge in [-0.25, -0.2) is 0 Å². The standard InChI is InChI=1S/C13H21N3O2/c1-4-5-11(17)16-6-7-18-13(3,9-16)12-10(2)8-14-15-12/h8H,4-7,9H2,1-3H3,(H,14,15). The fraction of sp³-hybridized carbons (Fsp3) is 0.692. The summed E-state index contributed by atoms with van der Waals surface area (Å²) in [5, 5.41) is 7.03. The first-order valence-corrected chi connectivity index (χ1v) is 6.49. The highest BCUT2D eigenvalue weighted by molar-refractivity contribution is 5.76. The number of hydrogen-bond acceptors (Lipinski definition) is 3. The fourth-order valence-electron chi connectivity index (χ4n) is 2.49. The van der Waals surface area contributed by atoms with Gasteiger partial charge >= 0.3 is 0 Å². The maximum absolute atomic E-state index is 12.0. The van der Waals surface area contributed by atoms with Crippen LogP contribution in [0.25, 0.3) is 0 Å². The Hall–Kier alpha value is -1.36. The number of carbonyl (C=O) groups excluding carboxylic acids is 1. The molecule has 1 aromatic rings. The predicted molar refractivity (Wildman–Crippen MR) is 68.1 cm³/mol. The maximum atomic E-state index is 12.0. The van der Waals surface area contributed by atoms with Gasteiger partial charge in [-0.2, -0.15) is 5.10 Å². The number of ether oxygens (including phenoxy) is 1. The minimum Gasteiger partial charge on any atom is -0.365 e. The van der Waals surface area contributed by atoms with E-state index in [0.29, 0.717) is 26.1 Å². The van der Waals surface area contributed by atoms with Crippen LogP contribution in [-0.2, 0) is 15.1 Å². The molecule has 18 heavy (non-hydrogen) atoms. The number of nitrogens with one attached hydrogen (secondary N) is 1. The van der Waals surface area contributed by atoms with Crippen LogP contribution in [0.3, 0.4) is 0 Å². The van der Waals surface area contributed by atoms with E-state index in [0.717, 1.165) is 17.7 Å². The second-order valence-corrected chi connectivity index (χ2v) is 5.07. The summed E-state index contributed by atoms with van der Waals surface area (Å²) in [4.78, 5) is 13.9. The lowest BCUT2D eigenvalue weighted by molar-refractivity contribution is -0.150. The lowest BCUT2D eigenvalue weighted by atomic mass is 9.96. The molecule has 1 aliphatic rings. The molecule has 2 rings (SSSR count). The zero-order valence-electron chi connectivity index (χ0n) is 11.3. The summed E-state index contributed by atoms with van der Waals surface area (Å²) in [7, 11) is 0. The van der Waals surface area contributed by atoms with Gasteiger partial charge in [0.05, 0.1) is 25.0 Å². The number of rotatable bonds is 3. The fourth-order valence-corrected chi connectivity index (χ4v) is 2.49. The van der Waals surface area contributed by atoms with Gasteiger partial charge in [0.2, 0.25) is 5.91 Å². The first-order valence-electron chi connectivity index (χ1n) is 6.49. The summed E-state index contributed by atoms with van der Waals surface area (Å²) in [6, 6.07) is 0. The van der Waals surface area contributed by atoms with Crippen molar-refractivity contribution in [3.63, 3.8) is 0 Å². The number of amides is 1. The third-order valence-electron chi connectivity index (χ3n) is 3.45. The number of nitrogens with zero attached hydrogens (tertiary/aromatic N) is 2. The molecule has 1 N–H and O–H groups in total. The zero-order chi connectivity index (χ0) is 13.2. The van der Waals surface area contributed by atoms with Gasteiger partial charge in [-0.15, -0.1) is 0 Å². The first-order chi connectivity index (χ1) is 8.57. The summed E-state index contributed by atoms with van der Waals surface area (Å²) in [5.74, 6) is 0.212. The maximum Gasteiger partial charge on any atom is 0.222 e. The van der Waals surface area contributed by atoms with Crippen molar-refractivity contribution in [2.75, 3.05) is 19.7 Å². The van der Waals surface area contributed by atoms with Crippen LogP contribution in [-0.4, -0.2) is 40.7 Å². The van der Waals surface area contributed by atoms with Crippen LogP contribution in [0.15, 0.2) is 6.20 Å². The number of aromatic amines is 1. The number of morpholine rings is 1. The molecule has 1 unspecified atom stereocenters. The normalized spacial score (nSPS) is 24.3. The van der Waals surface area contributed by atoms with Gasteiger partial charge in [-0.1, -0.05) is 6.92 Å². The molecule has 0 aromatic carbocycles. The molecule has 100 valence electrons. The molecule has 1 saturated heterocycles. The Bertz CT molecular complexity index is 430. The third kappa shape index (κ3) is 2.41. The lowest BCUT2D eigenvalue weighted by Gasteiger charge is -2.40. The average molecular weight is 251 g/mol. The summed E-state index contributed by atoms with van der Waals surface area (Å²) in [5.41, 5.74) is 1.57. The van der Waals surface area contributed by atoms with Gasteiger partial charge in [0.1, 0.15) is 5.60 Å². The van der Waals surface area contributed by atoms with Crippen LogP contribution in [0.1, 0.15) is 37.9 Å². The van der Waals surface area contributed by atoms with E-state index < -0.39 is 5.60 Å². The summed E-state index contributed by atoms with van der Waals surface area (Å²) in [6.45, 7) is 7.89. The van der Waals surface area contributed by atoms with E-state index in [9.17, 15) is 4.79 Å². The largest absolute Gasteiger partial charge is 0.365 e. The minimum atomic E-state index is -0.470. The minimum absolute atomic E-state index is 0.212. The van der Waals surface area contributed by atoms with Crippen LogP contribution < -0.4 is 0 Å². The van der Waals surface area contributed by atoms with Crippen molar-refractivity contribution in [2.45, 2.75) is 39.2 Å². The molecule has 0 spiro atoms. The van der Waals surface area contributed by atoms with Crippen molar-refractivity contribution in [3.05, 3.63) is 17.5 Å². The number of hydrogen-bond donors (Lipinski definition) is 1. The molecule has 1 amide bonds. The monoisotopic (exact) mass is 251 g/mol. The number of aryl methyl sites for hydroxylation is 1. The van der Waals surface area contributed by atoms with Crippen molar-refractivity contribution in [1.29, 1.82) is 0 Å². The summed E-state index contributed by atoms with van der Waals surface area (Å²) in [6.07, 6.45) is 3.28. The Labute approximate surface area is 108 Å². The van der Waals surface area contributed by atoms with Crippen molar-refractivity contribution < 1.29 is 9.53 Å². The van der Waals surface area contributed by atoms with Gasteiger partial charge in [0.15, 0.2) is 0 Å². The highest BCUT2D eigenvalue weighted by atomic mass is 16.5. The SMILES string of the molecule is CCCC(=O)N1CCOC(C)(c2[nH]ncc2C)C1. The number of aromatic nitrogens is 2. The molecule has 1 aliphatic heterocycles. The highest BCUT2D eigenvalue weighted by Gasteiger charge is 2.37. The van der Waals surface area contributed by atoms with E-state index in [-0.39, 0.29) is 5.91 Å². The Kier molecular flexibility index (Phi) is 3.71. The highest BCUT2D eigenvalue weighted by Crippen LogP contribution is 2.30. The molecular formula is C13H21N3O2. The molecule has 0 saturated carbocycles. The van der Waals surface area contributed by atoms with Crippen molar-refractivity contribution in [1.82, 2.24) is 15.1 Å². The molecule has 1 fully saturated rings. The third-order valence-corrected chi connectivity index (χ3v) is 3.45. The Balaban J connectivity index is 2.15. The van der Waals surface area contributed by atoms with Crippen LogP contribution in [0.5, 0.6) is 0 Å². The first kappa shape index (κ1) is 13.1. The average Bonchev–Trinajstić information content (AvgIpc) is 2.76. The van der Waals surface area contributed by atoms with Gasteiger partial charge in [0.25, 0.3) is 0 Å². The zero-order valence-corrected chi connectivity index (χ0v) is 11.3. The molecule has 2 heterocycles. The van der Waals surface area contributed by atoms with Gasteiger partial charge < -0.3 is 9.64 Å². The lowest BCUT2D eigenvalue weighted by Crippen LogP contribution is -2.50. The second kappa shape index (κ2) is 5.10. The molecule has 0 aliphatic carbocycles.